The molecule has 10 nitrogen and oxygen atoms in total. The van der Waals surface area contributed by atoms with Crippen LogP contribution in [0.5, 0.6) is 5.88 Å². The highest BCUT2D eigenvalue weighted by Crippen LogP contribution is 2.39. The maximum absolute atomic E-state index is 13.7. The van der Waals surface area contributed by atoms with Crippen molar-refractivity contribution in [2.75, 3.05) is 18.2 Å². The van der Waals surface area contributed by atoms with Crippen molar-refractivity contribution in [1.82, 2.24) is 29.4 Å². The van der Waals surface area contributed by atoms with Gasteiger partial charge in [0.25, 0.3) is 5.91 Å². The maximum Gasteiger partial charge on any atom is 0.418 e. The molecule has 0 radical (unpaired) electrons. The number of hydrogen-bond acceptors (Lipinski definition) is 7. The standard InChI is InChI=1S/C22H21F3N8O2/c1-11-14(17-6-16(22(23,24)25)18-19(26)27-10-29-33(17)18)5-15(21(30-11)35-2)20(34)31-13-7-28-32(9-13)8-12-3-4-12/h5-7,9-10,12H,3-4,8H2,1-2H3,(H,31,34)(H2,26,27,29). The number of nitrogens with one attached hydrogen (secondary N) is 1. The minimum atomic E-state index is -4.70. The number of amides is 1. The molecular weight excluding hydrogens is 465 g/mol. The van der Waals surface area contributed by atoms with Crippen LogP contribution in [0.2, 0.25) is 0 Å². The van der Waals surface area contributed by atoms with Crippen molar-refractivity contribution < 1.29 is 22.7 Å². The van der Waals surface area contributed by atoms with Gasteiger partial charge >= 0.3 is 6.18 Å². The summed E-state index contributed by atoms with van der Waals surface area (Å²) in [6.45, 7) is 2.38. The molecule has 4 aromatic rings. The van der Waals surface area contributed by atoms with Crippen LogP contribution >= 0.6 is 0 Å². The van der Waals surface area contributed by atoms with E-state index in [4.69, 9.17) is 10.5 Å². The number of aromatic nitrogens is 6. The molecule has 1 amide bonds. The second-order valence-corrected chi connectivity index (χ2v) is 8.37. The van der Waals surface area contributed by atoms with E-state index in [1.165, 1.54) is 19.4 Å². The summed E-state index contributed by atoms with van der Waals surface area (Å²) in [4.78, 5) is 21.1. The Labute approximate surface area is 196 Å². The molecule has 4 aromatic heterocycles. The van der Waals surface area contributed by atoms with E-state index < -0.39 is 17.6 Å². The number of nitrogens with zero attached hydrogens (tertiary/aromatic N) is 6. The first-order valence-corrected chi connectivity index (χ1v) is 10.7. The average Bonchev–Trinajstić information content (AvgIpc) is 3.35. The molecule has 0 spiro atoms. The number of carbonyl (C=O) groups is 1. The molecule has 3 N–H and O–H groups in total. The molecule has 4 heterocycles. The van der Waals surface area contributed by atoms with Crippen molar-refractivity contribution in [3.8, 4) is 17.1 Å². The van der Waals surface area contributed by atoms with Crippen molar-refractivity contribution in [3.63, 3.8) is 0 Å². The van der Waals surface area contributed by atoms with E-state index in [9.17, 15) is 18.0 Å². The molecule has 13 heteroatoms. The van der Waals surface area contributed by atoms with Crippen LogP contribution in [0.4, 0.5) is 24.7 Å². The Bertz CT molecular complexity index is 1440. The monoisotopic (exact) mass is 486 g/mol. The van der Waals surface area contributed by atoms with Gasteiger partial charge in [0.1, 0.15) is 17.4 Å². The lowest BCUT2D eigenvalue weighted by Crippen LogP contribution is -2.14. The molecule has 0 aromatic carbocycles. The Morgan fingerprint density at radius 3 is 2.74 bits per heavy atom. The Morgan fingerprint density at radius 2 is 2.06 bits per heavy atom. The summed E-state index contributed by atoms with van der Waals surface area (Å²) in [6, 6.07) is 2.34. The second-order valence-electron chi connectivity index (χ2n) is 8.37. The van der Waals surface area contributed by atoms with Crippen LogP contribution in [0.1, 0.15) is 34.5 Å². The summed E-state index contributed by atoms with van der Waals surface area (Å²) in [6.07, 6.45) is 1.95. The molecular formula is C22H21F3N8O2. The number of anilines is 2. The molecule has 5 rings (SSSR count). The number of hydrogen-bond donors (Lipinski definition) is 2. The second kappa shape index (κ2) is 8.25. The molecule has 0 atom stereocenters. The SMILES string of the molecule is COc1nc(C)c(-c2cc(C(F)(F)F)c3c(N)ncnn23)cc1C(=O)Nc1cnn(CC2CC2)c1. The summed E-state index contributed by atoms with van der Waals surface area (Å²) >= 11 is 0. The van der Waals surface area contributed by atoms with Crippen LogP contribution in [0, 0.1) is 12.8 Å². The third-order valence-corrected chi connectivity index (χ3v) is 5.81. The van der Waals surface area contributed by atoms with Gasteiger partial charge in [0.15, 0.2) is 5.82 Å². The fourth-order valence-electron chi connectivity index (χ4n) is 3.93. The topological polar surface area (TPSA) is 125 Å². The molecule has 35 heavy (non-hydrogen) atoms. The fraction of sp³-hybridized carbons (Fsp3) is 0.318. The van der Waals surface area contributed by atoms with E-state index in [0.29, 0.717) is 17.3 Å². The predicted molar refractivity (Wildman–Crippen MR) is 120 cm³/mol. The van der Waals surface area contributed by atoms with Crippen LogP contribution in [-0.4, -0.2) is 42.4 Å². The van der Waals surface area contributed by atoms with E-state index in [0.717, 1.165) is 36.3 Å². The molecule has 0 aliphatic heterocycles. The van der Waals surface area contributed by atoms with Crippen LogP contribution < -0.4 is 15.8 Å². The molecule has 182 valence electrons. The number of methoxy groups -OCH3 is 1. The normalized spacial score (nSPS) is 13.9. The first-order valence-electron chi connectivity index (χ1n) is 10.7. The lowest BCUT2D eigenvalue weighted by molar-refractivity contribution is -0.136. The number of rotatable bonds is 6. The van der Waals surface area contributed by atoms with Gasteiger partial charge in [0.05, 0.1) is 35.9 Å². The fourth-order valence-corrected chi connectivity index (χ4v) is 3.93. The summed E-state index contributed by atoms with van der Waals surface area (Å²) in [5.74, 6) is -0.231. The number of nitrogens with two attached hydrogens (primary N) is 1. The van der Waals surface area contributed by atoms with Crippen LogP contribution in [0.3, 0.4) is 0 Å². The quantitative estimate of drug-likeness (QED) is 0.427. The summed E-state index contributed by atoms with van der Waals surface area (Å²) < 4.78 is 49.3. The number of aryl methyl sites for hydroxylation is 1. The Balaban J connectivity index is 1.56. The van der Waals surface area contributed by atoms with Gasteiger partial charge in [0, 0.05) is 18.3 Å². The van der Waals surface area contributed by atoms with Gasteiger partial charge in [-0.3, -0.25) is 9.48 Å². The largest absolute Gasteiger partial charge is 0.480 e. The first-order chi connectivity index (χ1) is 16.7. The van der Waals surface area contributed by atoms with E-state index in [2.05, 4.69) is 25.5 Å². The van der Waals surface area contributed by atoms with Gasteiger partial charge in [-0.05, 0) is 37.8 Å². The average molecular weight is 486 g/mol. The number of alkyl halides is 3. The number of halogens is 3. The van der Waals surface area contributed by atoms with Gasteiger partial charge in [-0.1, -0.05) is 0 Å². The van der Waals surface area contributed by atoms with Crippen molar-refractivity contribution in [2.45, 2.75) is 32.5 Å². The Morgan fingerprint density at radius 1 is 1.29 bits per heavy atom. The van der Waals surface area contributed by atoms with E-state index in [-0.39, 0.29) is 34.0 Å². The number of fused-ring (bicyclic) bond motifs is 1. The molecule has 0 bridgehead atoms. The van der Waals surface area contributed by atoms with E-state index >= 15 is 0 Å². The maximum atomic E-state index is 13.7. The molecule has 1 saturated carbocycles. The van der Waals surface area contributed by atoms with Crippen LogP contribution in [-0.2, 0) is 12.7 Å². The predicted octanol–water partition coefficient (Wildman–Crippen LogP) is 3.57. The van der Waals surface area contributed by atoms with Gasteiger partial charge in [-0.15, -0.1) is 0 Å². The van der Waals surface area contributed by atoms with Crippen LogP contribution in [0.25, 0.3) is 16.8 Å². The summed E-state index contributed by atoms with van der Waals surface area (Å²) in [5, 5.41) is 11.0. The third kappa shape index (κ3) is 4.24. The van der Waals surface area contributed by atoms with Gasteiger partial charge in [0.2, 0.25) is 5.88 Å². The molecule has 0 unspecified atom stereocenters. The lowest BCUT2D eigenvalue weighted by Gasteiger charge is -2.12. The minimum Gasteiger partial charge on any atom is -0.480 e. The van der Waals surface area contributed by atoms with Crippen molar-refractivity contribution >= 4 is 22.9 Å². The molecule has 0 saturated heterocycles. The van der Waals surface area contributed by atoms with Gasteiger partial charge in [-0.2, -0.15) is 23.4 Å². The highest BCUT2D eigenvalue weighted by molar-refractivity contribution is 6.06. The number of ether oxygens (including phenoxy) is 1. The van der Waals surface area contributed by atoms with Gasteiger partial charge < -0.3 is 15.8 Å². The molecule has 1 aliphatic rings. The van der Waals surface area contributed by atoms with E-state index in [1.54, 1.807) is 17.8 Å². The van der Waals surface area contributed by atoms with Crippen molar-refractivity contribution in [3.05, 3.63) is 47.7 Å². The van der Waals surface area contributed by atoms with E-state index in [1.807, 2.05) is 0 Å². The number of pyridine rings is 1. The minimum absolute atomic E-state index is 0.0279. The first kappa shape index (κ1) is 22.6. The zero-order valence-electron chi connectivity index (χ0n) is 18.8. The lowest BCUT2D eigenvalue weighted by atomic mass is 10.1. The Kier molecular flexibility index (Phi) is 5.33. The molecule has 1 fully saturated rings. The van der Waals surface area contributed by atoms with Crippen molar-refractivity contribution in [2.24, 2.45) is 5.92 Å². The highest BCUT2D eigenvalue weighted by Gasteiger charge is 2.37. The zero-order chi connectivity index (χ0) is 24.9. The van der Waals surface area contributed by atoms with Crippen LogP contribution in [0.15, 0.2) is 30.9 Å². The third-order valence-electron chi connectivity index (χ3n) is 5.81. The number of carbonyl (C=O) groups excluding carboxylic acids is 1. The summed E-state index contributed by atoms with van der Waals surface area (Å²) in [5.41, 5.74) is 5.54. The smallest absolute Gasteiger partial charge is 0.418 e. The van der Waals surface area contributed by atoms with Gasteiger partial charge in [-0.25, -0.2) is 14.5 Å². The Hall–Kier alpha value is -4.16. The summed E-state index contributed by atoms with van der Waals surface area (Å²) in [7, 11) is 1.36. The zero-order valence-corrected chi connectivity index (χ0v) is 18.8. The number of nitrogen functional groups attached to an aromatic ring is 1. The van der Waals surface area contributed by atoms with Crippen molar-refractivity contribution in [1.29, 1.82) is 0 Å². The highest BCUT2D eigenvalue weighted by atomic mass is 19.4. The molecule has 1 aliphatic carbocycles.